The first kappa shape index (κ1) is 43.8. The summed E-state index contributed by atoms with van der Waals surface area (Å²) < 4.78 is 18.7. The van der Waals surface area contributed by atoms with Gasteiger partial charge in [-0.25, -0.2) is 9.59 Å². The number of aliphatic hydroxyl groups excluding tert-OH is 1. The number of para-hydroxylation sites is 1. The molecule has 11 nitrogen and oxygen atoms in total. The van der Waals surface area contributed by atoms with Gasteiger partial charge in [0, 0.05) is 12.1 Å². The van der Waals surface area contributed by atoms with E-state index < -0.39 is 57.3 Å². The number of hydrogen-bond donors (Lipinski definition) is 4. The van der Waals surface area contributed by atoms with Crippen molar-refractivity contribution >= 4 is 42.5 Å². The molecule has 4 atom stereocenters. The molecule has 0 aromatic heterocycles. The summed E-state index contributed by atoms with van der Waals surface area (Å²) in [6.07, 6.45) is -2.08. The van der Waals surface area contributed by atoms with Gasteiger partial charge in [0.25, 0.3) is 8.32 Å². The second-order valence-electron chi connectivity index (χ2n) is 16.1. The highest BCUT2D eigenvalue weighted by Crippen LogP contribution is 2.37. The summed E-state index contributed by atoms with van der Waals surface area (Å²) in [6, 6.07) is 43.8. The van der Waals surface area contributed by atoms with Crippen LogP contribution in [0.4, 0.5) is 15.3 Å². The number of hydrogen-bond acceptors (Lipinski definition) is 7. The van der Waals surface area contributed by atoms with E-state index in [1.54, 1.807) is 6.07 Å². The summed E-state index contributed by atoms with van der Waals surface area (Å²) in [5, 5.41) is 28.5. The maximum atomic E-state index is 13.9. The van der Waals surface area contributed by atoms with Crippen molar-refractivity contribution in [2.24, 2.45) is 0 Å². The third-order valence-corrected chi connectivity index (χ3v) is 16.2. The van der Waals surface area contributed by atoms with Crippen LogP contribution in [0.3, 0.4) is 0 Å². The van der Waals surface area contributed by atoms with Crippen molar-refractivity contribution in [2.45, 2.75) is 69.4 Å². The molecule has 1 aliphatic heterocycles. The molecule has 1 aliphatic rings. The third kappa shape index (κ3) is 10.3. The van der Waals surface area contributed by atoms with E-state index in [4.69, 9.17) is 13.9 Å². The van der Waals surface area contributed by atoms with E-state index in [1.165, 1.54) is 12.0 Å². The van der Waals surface area contributed by atoms with Gasteiger partial charge < -0.3 is 34.7 Å². The Kier molecular flexibility index (Phi) is 14.6. The molecular weight excluding hydrogens is 775 g/mol. The minimum absolute atomic E-state index is 0.0545. The van der Waals surface area contributed by atoms with Crippen molar-refractivity contribution in [1.82, 2.24) is 10.2 Å². The maximum Gasteiger partial charge on any atom is 0.407 e. The highest BCUT2D eigenvalue weighted by molar-refractivity contribution is 6.99. The van der Waals surface area contributed by atoms with Crippen LogP contribution < -0.4 is 21.0 Å². The number of aliphatic hydroxyl groups is 1. The molecule has 314 valence electrons. The van der Waals surface area contributed by atoms with Crippen LogP contribution in [0, 0.1) is 0 Å². The number of benzene rings is 5. The lowest BCUT2D eigenvalue weighted by molar-refractivity contribution is -0.134. The van der Waals surface area contributed by atoms with Crippen LogP contribution in [-0.2, 0) is 31.5 Å². The zero-order chi connectivity index (χ0) is 42.7. The number of carbonyl (C=O) groups excluding carboxylic acids is 2. The molecule has 12 heteroatoms. The molecule has 2 unspecified atom stereocenters. The van der Waals surface area contributed by atoms with Crippen molar-refractivity contribution < 1.29 is 38.5 Å². The fourth-order valence-corrected chi connectivity index (χ4v) is 12.7. The Bertz CT molecular complexity index is 2130. The molecule has 60 heavy (non-hydrogen) atoms. The Morgan fingerprint density at radius 3 is 1.95 bits per heavy atom. The Labute approximate surface area is 353 Å². The number of anilines is 1. The van der Waals surface area contributed by atoms with E-state index in [2.05, 4.69) is 55.7 Å². The molecule has 5 aromatic carbocycles. The molecule has 4 N–H and O–H groups in total. The number of amides is 3. The highest BCUT2D eigenvalue weighted by atomic mass is 28.4. The van der Waals surface area contributed by atoms with Crippen molar-refractivity contribution in [1.29, 1.82) is 0 Å². The smallest absolute Gasteiger partial charge is 0.407 e. The van der Waals surface area contributed by atoms with E-state index in [0.717, 1.165) is 32.6 Å². The number of alkyl carbamates (subject to hydrolysis) is 1. The number of ether oxygens (including phenoxy) is 2. The Balaban J connectivity index is 1.18. The van der Waals surface area contributed by atoms with Gasteiger partial charge in [0.05, 0.1) is 39.0 Å². The monoisotopic (exact) mass is 829 g/mol. The van der Waals surface area contributed by atoms with Crippen molar-refractivity contribution in [3.8, 4) is 11.1 Å². The van der Waals surface area contributed by atoms with Gasteiger partial charge in [-0.3, -0.25) is 9.69 Å². The van der Waals surface area contributed by atoms with Gasteiger partial charge in [0.2, 0.25) is 5.91 Å². The fraction of sp³-hybridized carbons (Fsp3) is 0.312. The van der Waals surface area contributed by atoms with E-state index in [-0.39, 0.29) is 24.6 Å². The molecule has 1 fully saturated rings. The Hall–Kier alpha value is -5.79. The van der Waals surface area contributed by atoms with E-state index in [9.17, 15) is 24.6 Å². The van der Waals surface area contributed by atoms with Crippen molar-refractivity contribution in [3.63, 3.8) is 0 Å². The van der Waals surface area contributed by atoms with Crippen molar-refractivity contribution in [2.75, 3.05) is 32.2 Å². The Morgan fingerprint density at radius 2 is 1.38 bits per heavy atom. The van der Waals surface area contributed by atoms with Crippen LogP contribution in [0.25, 0.3) is 11.1 Å². The van der Waals surface area contributed by atoms with Crippen LogP contribution >= 0.6 is 0 Å². The maximum absolute atomic E-state index is 13.9. The first-order valence-corrected chi connectivity index (χ1v) is 22.2. The van der Waals surface area contributed by atoms with Crippen LogP contribution in [-0.4, -0.2) is 92.7 Å². The van der Waals surface area contributed by atoms with Gasteiger partial charge >= 0.3 is 12.2 Å². The van der Waals surface area contributed by atoms with Gasteiger partial charge in [-0.2, -0.15) is 0 Å². The average molecular weight is 830 g/mol. The minimum Gasteiger partial charge on any atom is -0.465 e. The average Bonchev–Trinajstić information content (AvgIpc) is 3.26. The summed E-state index contributed by atoms with van der Waals surface area (Å²) in [5.74, 6) is -0.419. The molecule has 6 rings (SSSR count). The quantitative estimate of drug-likeness (QED) is 0.0837. The number of nitrogens with one attached hydrogen (secondary N) is 2. The first-order chi connectivity index (χ1) is 28.9. The topological polar surface area (TPSA) is 147 Å². The largest absolute Gasteiger partial charge is 0.465 e. The lowest BCUT2D eigenvalue weighted by Crippen LogP contribution is -2.68. The van der Waals surface area contributed by atoms with Crippen LogP contribution in [0.15, 0.2) is 140 Å². The second kappa shape index (κ2) is 20.0. The SMILES string of the molecule is COC(=O)N[C@@H](Cc1ccc(-c2ccccc2)cc1)C(=O)Nc1ccccc1CC[C@@H]1CN(C(=O)O)C(CO)C(CO[Si](c2ccccc2)(c2ccccc2)C(C)(C)C)O1. The van der Waals surface area contributed by atoms with Crippen molar-refractivity contribution in [3.05, 3.63) is 151 Å². The van der Waals surface area contributed by atoms with Gasteiger partial charge in [-0.05, 0) is 56.6 Å². The number of carbonyl (C=O) groups is 3. The highest BCUT2D eigenvalue weighted by Gasteiger charge is 2.51. The van der Waals surface area contributed by atoms with Gasteiger partial charge in [0.1, 0.15) is 12.1 Å². The van der Waals surface area contributed by atoms with E-state index >= 15 is 0 Å². The Morgan fingerprint density at radius 1 is 0.817 bits per heavy atom. The second-order valence-corrected chi connectivity index (χ2v) is 20.4. The molecule has 3 amide bonds. The number of morpholine rings is 1. The summed E-state index contributed by atoms with van der Waals surface area (Å²) in [6.45, 7) is 6.20. The summed E-state index contributed by atoms with van der Waals surface area (Å²) >= 11 is 0. The summed E-state index contributed by atoms with van der Waals surface area (Å²) in [7, 11) is -1.76. The number of carboxylic acid groups (broad SMARTS) is 1. The number of methoxy groups -OCH3 is 1. The standard InChI is InChI=1S/C48H55N3O8Si/c1-48(2,3)60(39-19-10-6-11-20-39,40-21-12-7-13-22-40)58-33-44-43(32-52)51(47(55)56)31-38(59-44)29-28-37-18-14-15-23-41(37)49-45(53)42(50-46(54)57-4)30-34-24-26-36(27-25-34)35-16-8-5-9-17-35/h5-27,38,42-44,52H,28-33H2,1-4H3,(H,49,53)(H,50,54)(H,55,56)/t38-,42+,43?,44?/m1/s1. The zero-order valence-electron chi connectivity index (χ0n) is 34.6. The summed E-state index contributed by atoms with van der Waals surface area (Å²) in [4.78, 5) is 40.2. The lowest BCUT2D eigenvalue weighted by atomic mass is 9.99. The van der Waals surface area contributed by atoms with Crippen LogP contribution in [0.1, 0.15) is 38.3 Å². The number of rotatable bonds is 15. The van der Waals surface area contributed by atoms with Gasteiger partial charge in [-0.15, -0.1) is 0 Å². The lowest BCUT2D eigenvalue weighted by Gasteiger charge is -2.47. The third-order valence-electron chi connectivity index (χ3n) is 11.2. The molecule has 0 aliphatic carbocycles. The molecule has 5 aromatic rings. The molecule has 1 saturated heterocycles. The molecule has 0 spiro atoms. The predicted octanol–water partition coefficient (Wildman–Crippen LogP) is 6.88. The fourth-order valence-electron chi connectivity index (χ4n) is 8.16. The van der Waals surface area contributed by atoms with E-state index in [0.29, 0.717) is 18.5 Å². The van der Waals surface area contributed by atoms with Gasteiger partial charge in [-0.1, -0.05) is 154 Å². The molecule has 0 bridgehead atoms. The summed E-state index contributed by atoms with van der Waals surface area (Å²) in [5.41, 5.74) is 4.33. The van der Waals surface area contributed by atoms with Crippen LogP contribution in [0.5, 0.6) is 0 Å². The van der Waals surface area contributed by atoms with Crippen LogP contribution in [0.2, 0.25) is 5.04 Å². The zero-order valence-corrected chi connectivity index (χ0v) is 35.6. The number of nitrogens with zero attached hydrogens (tertiary/aromatic N) is 1. The predicted molar refractivity (Wildman–Crippen MR) is 236 cm³/mol. The molecule has 1 heterocycles. The first-order valence-electron chi connectivity index (χ1n) is 20.3. The van der Waals surface area contributed by atoms with E-state index in [1.807, 2.05) is 109 Å². The normalized spacial score (nSPS) is 17.4. The van der Waals surface area contributed by atoms with Gasteiger partial charge in [0.15, 0.2) is 0 Å². The molecule has 0 saturated carbocycles. The number of aryl methyl sites for hydroxylation is 1. The molecule has 0 radical (unpaired) electrons. The molecular formula is C48H55N3O8Si. The minimum atomic E-state index is -3.01.